The second kappa shape index (κ2) is 4.23. The maximum atomic E-state index is 11.1. The molecule has 66 valence electrons. The summed E-state index contributed by atoms with van der Waals surface area (Å²) in [4.78, 5) is 17.6. The summed E-state index contributed by atoms with van der Waals surface area (Å²) in [6.45, 7) is 1.77. The predicted molar refractivity (Wildman–Crippen MR) is 47.7 cm³/mol. The highest BCUT2D eigenvalue weighted by atomic mass is 16.1. The third kappa shape index (κ3) is 2.28. The molecule has 0 aliphatic carbocycles. The molecule has 1 aromatic heterocycles. The first-order valence-corrected chi connectivity index (χ1v) is 3.82. The van der Waals surface area contributed by atoms with Gasteiger partial charge in [0.15, 0.2) is 5.78 Å². The number of hydrogen-bond donors (Lipinski definition) is 0. The number of carbonyl (C=O) groups excluding carboxylic acids is 1. The molecule has 0 aromatic carbocycles. The van der Waals surface area contributed by atoms with E-state index in [1.54, 1.807) is 19.1 Å². The number of carbonyl (C=O) groups is 1. The van der Waals surface area contributed by atoms with Gasteiger partial charge < -0.3 is 0 Å². The Kier molecular flexibility index (Phi) is 3.00. The maximum Gasteiger partial charge on any atom is 0.180 e. The van der Waals surface area contributed by atoms with E-state index >= 15 is 0 Å². The number of azide groups is 1. The Morgan fingerprint density at radius 2 is 2.46 bits per heavy atom. The lowest BCUT2D eigenvalue weighted by atomic mass is 10.2. The predicted octanol–water partition coefficient (Wildman–Crippen LogP) is 2.62. The van der Waals surface area contributed by atoms with Gasteiger partial charge in [0.25, 0.3) is 0 Å². The number of hydrogen-bond acceptors (Lipinski definition) is 3. The van der Waals surface area contributed by atoms with Crippen molar-refractivity contribution < 1.29 is 4.79 Å². The molecular formula is C8H8N4O. The number of pyridine rings is 1. The largest absolute Gasteiger partial charge is 0.292 e. The Morgan fingerprint density at radius 1 is 1.69 bits per heavy atom. The number of nitrogens with zero attached hydrogens (tertiary/aromatic N) is 4. The highest BCUT2D eigenvalue weighted by molar-refractivity contribution is 5.94. The number of aromatic nitrogens is 1. The smallest absolute Gasteiger partial charge is 0.180 e. The Balaban J connectivity index is 2.93. The van der Waals surface area contributed by atoms with Crippen LogP contribution in [0.25, 0.3) is 10.4 Å². The number of Topliss-reactive ketones (excluding diaryl/α,β-unsaturated/α-hetero) is 1. The molecule has 0 N–H and O–H groups in total. The molecular weight excluding hydrogens is 168 g/mol. The van der Waals surface area contributed by atoms with Gasteiger partial charge in [-0.05, 0) is 17.7 Å². The van der Waals surface area contributed by atoms with E-state index in [9.17, 15) is 4.79 Å². The van der Waals surface area contributed by atoms with Gasteiger partial charge >= 0.3 is 0 Å². The molecule has 5 nitrogen and oxygen atoms in total. The molecule has 0 aliphatic heterocycles. The molecule has 0 amide bonds. The molecule has 0 aliphatic rings. The fourth-order valence-electron chi connectivity index (χ4n) is 0.843. The minimum absolute atomic E-state index is 0.0208. The van der Waals surface area contributed by atoms with Gasteiger partial charge in [0.2, 0.25) is 0 Å². The summed E-state index contributed by atoms with van der Waals surface area (Å²) in [5, 5.41) is 3.34. The van der Waals surface area contributed by atoms with Crippen molar-refractivity contribution in [3.05, 3.63) is 34.5 Å². The standard InChI is InChI=1S/C8H8N4O/c1-2-8(13)7-4-3-6(5-10-7)11-12-9/h3-5H,2H2,1H3. The molecule has 0 atom stereocenters. The topological polar surface area (TPSA) is 78.7 Å². The summed E-state index contributed by atoms with van der Waals surface area (Å²) < 4.78 is 0. The van der Waals surface area contributed by atoms with Crippen molar-refractivity contribution in [3.8, 4) is 0 Å². The minimum atomic E-state index is -0.0208. The molecule has 0 saturated carbocycles. The zero-order valence-electron chi connectivity index (χ0n) is 7.14. The van der Waals surface area contributed by atoms with Gasteiger partial charge in [-0.25, -0.2) is 0 Å². The lowest BCUT2D eigenvalue weighted by Crippen LogP contribution is -1.98. The van der Waals surface area contributed by atoms with Crippen LogP contribution in [0.15, 0.2) is 23.4 Å². The number of rotatable bonds is 3. The third-order valence-corrected chi connectivity index (χ3v) is 1.51. The van der Waals surface area contributed by atoms with Gasteiger partial charge in [-0.3, -0.25) is 9.78 Å². The highest BCUT2D eigenvalue weighted by Gasteiger charge is 2.02. The van der Waals surface area contributed by atoms with Gasteiger partial charge in [-0.2, -0.15) is 0 Å². The molecule has 1 heterocycles. The molecule has 0 bridgehead atoms. The van der Waals surface area contributed by atoms with Crippen molar-refractivity contribution in [2.75, 3.05) is 0 Å². The van der Waals surface area contributed by atoms with E-state index < -0.39 is 0 Å². The minimum Gasteiger partial charge on any atom is -0.292 e. The first-order chi connectivity index (χ1) is 6.27. The molecule has 1 aromatic rings. The van der Waals surface area contributed by atoms with Crippen LogP contribution >= 0.6 is 0 Å². The molecule has 0 saturated heterocycles. The molecule has 0 radical (unpaired) electrons. The molecule has 0 spiro atoms. The zero-order valence-corrected chi connectivity index (χ0v) is 7.14. The fourth-order valence-corrected chi connectivity index (χ4v) is 0.843. The second-order valence-electron chi connectivity index (χ2n) is 2.37. The van der Waals surface area contributed by atoms with E-state index in [0.29, 0.717) is 17.8 Å². The van der Waals surface area contributed by atoms with E-state index in [1.807, 2.05) is 0 Å². The maximum absolute atomic E-state index is 11.1. The van der Waals surface area contributed by atoms with Crippen LogP contribution < -0.4 is 0 Å². The van der Waals surface area contributed by atoms with Crippen LogP contribution in [0.1, 0.15) is 23.8 Å². The Morgan fingerprint density at radius 3 is 2.92 bits per heavy atom. The van der Waals surface area contributed by atoms with Crippen LogP contribution in [-0.2, 0) is 0 Å². The van der Waals surface area contributed by atoms with E-state index in [-0.39, 0.29) is 5.78 Å². The van der Waals surface area contributed by atoms with E-state index in [2.05, 4.69) is 15.0 Å². The Bertz CT molecular complexity index is 351. The fraction of sp³-hybridized carbons (Fsp3) is 0.250. The van der Waals surface area contributed by atoms with Crippen LogP contribution in [-0.4, -0.2) is 10.8 Å². The zero-order chi connectivity index (χ0) is 9.68. The van der Waals surface area contributed by atoms with Gasteiger partial charge in [-0.1, -0.05) is 12.0 Å². The van der Waals surface area contributed by atoms with E-state index in [4.69, 9.17) is 5.53 Å². The normalized spacial score (nSPS) is 9.00. The summed E-state index contributed by atoms with van der Waals surface area (Å²) in [6.07, 6.45) is 1.80. The average Bonchev–Trinajstić information content (AvgIpc) is 2.18. The van der Waals surface area contributed by atoms with Crippen LogP contribution in [0.2, 0.25) is 0 Å². The summed E-state index contributed by atoms with van der Waals surface area (Å²) >= 11 is 0. The highest BCUT2D eigenvalue weighted by Crippen LogP contribution is 2.10. The lowest BCUT2D eigenvalue weighted by molar-refractivity contribution is 0.0983. The van der Waals surface area contributed by atoms with Gasteiger partial charge in [-0.15, -0.1) is 0 Å². The van der Waals surface area contributed by atoms with Gasteiger partial charge in [0.05, 0.1) is 5.69 Å². The second-order valence-corrected chi connectivity index (χ2v) is 2.37. The summed E-state index contributed by atoms with van der Waals surface area (Å²) in [5.41, 5.74) is 8.92. The molecule has 0 unspecified atom stereocenters. The Hall–Kier alpha value is -1.87. The van der Waals surface area contributed by atoms with Gasteiger partial charge in [0, 0.05) is 17.5 Å². The van der Waals surface area contributed by atoms with E-state index in [1.165, 1.54) is 6.20 Å². The van der Waals surface area contributed by atoms with E-state index in [0.717, 1.165) is 0 Å². The third-order valence-electron chi connectivity index (χ3n) is 1.51. The van der Waals surface area contributed by atoms with Crippen LogP contribution in [0.3, 0.4) is 0 Å². The summed E-state index contributed by atoms with van der Waals surface area (Å²) in [5.74, 6) is -0.0208. The molecule has 13 heavy (non-hydrogen) atoms. The quantitative estimate of drug-likeness (QED) is 0.307. The van der Waals surface area contributed by atoms with Crippen molar-refractivity contribution in [2.45, 2.75) is 13.3 Å². The molecule has 5 heteroatoms. The summed E-state index contributed by atoms with van der Waals surface area (Å²) in [6, 6.07) is 3.12. The first kappa shape index (κ1) is 9.22. The Labute approximate surface area is 75.0 Å². The van der Waals surface area contributed by atoms with Crippen LogP contribution in [0.5, 0.6) is 0 Å². The van der Waals surface area contributed by atoms with Crippen molar-refractivity contribution in [3.63, 3.8) is 0 Å². The lowest BCUT2D eigenvalue weighted by Gasteiger charge is -1.95. The SMILES string of the molecule is CCC(=O)c1ccc(N=[N+]=[N-])cn1. The molecule has 0 fully saturated rings. The van der Waals surface area contributed by atoms with Crippen LogP contribution in [0.4, 0.5) is 5.69 Å². The molecule has 1 rings (SSSR count). The van der Waals surface area contributed by atoms with Crippen molar-refractivity contribution in [2.24, 2.45) is 5.11 Å². The van der Waals surface area contributed by atoms with Crippen molar-refractivity contribution in [1.82, 2.24) is 4.98 Å². The van der Waals surface area contributed by atoms with Crippen LogP contribution in [0, 0.1) is 0 Å². The number of ketones is 1. The van der Waals surface area contributed by atoms with Crippen molar-refractivity contribution >= 4 is 11.5 Å². The van der Waals surface area contributed by atoms with Crippen molar-refractivity contribution in [1.29, 1.82) is 0 Å². The van der Waals surface area contributed by atoms with Gasteiger partial charge in [0.1, 0.15) is 5.69 Å². The first-order valence-electron chi connectivity index (χ1n) is 3.82. The monoisotopic (exact) mass is 176 g/mol. The average molecular weight is 176 g/mol. The summed E-state index contributed by atoms with van der Waals surface area (Å²) in [7, 11) is 0.